The van der Waals surface area contributed by atoms with Crippen LogP contribution in [0.5, 0.6) is 0 Å². The van der Waals surface area contributed by atoms with E-state index in [1.807, 2.05) is 0 Å². The molecule has 172 valence electrons. The lowest BCUT2D eigenvalue weighted by molar-refractivity contribution is -0.150. The molecule has 2 heterocycles. The van der Waals surface area contributed by atoms with Crippen molar-refractivity contribution in [2.75, 3.05) is 13.1 Å². The molecule has 0 aromatic rings. The number of rotatable bonds is 9. The number of amides is 3. The number of aliphatic carboxylic acids is 3. The van der Waals surface area contributed by atoms with Crippen molar-refractivity contribution in [2.45, 2.75) is 62.7 Å². The van der Waals surface area contributed by atoms with E-state index in [0.29, 0.717) is 19.3 Å². The van der Waals surface area contributed by atoms with Gasteiger partial charge in [0.05, 0.1) is 18.9 Å². The maximum Gasteiger partial charge on any atom is 0.326 e. The molecule has 2 fully saturated rings. The number of nitrogens with one attached hydrogen (secondary N) is 1. The summed E-state index contributed by atoms with van der Waals surface area (Å²) in [6, 6.07) is -4.82. The van der Waals surface area contributed by atoms with Gasteiger partial charge in [-0.15, -0.1) is 0 Å². The Labute approximate surface area is 177 Å². The molecule has 4 atom stereocenters. The van der Waals surface area contributed by atoms with E-state index < -0.39 is 72.6 Å². The van der Waals surface area contributed by atoms with Crippen molar-refractivity contribution < 1.29 is 44.1 Å². The molecule has 3 amide bonds. The first-order chi connectivity index (χ1) is 14.5. The maximum atomic E-state index is 13.1. The molecule has 0 aromatic heterocycles. The molecule has 0 radical (unpaired) electrons. The summed E-state index contributed by atoms with van der Waals surface area (Å²) in [7, 11) is 0. The quantitative estimate of drug-likeness (QED) is 0.260. The van der Waals surface area contributed by atoms with Gasteiger partial charge < -0.3 is 36.2 Å². The Morgan fingerprint density at radius 3 is 1.97 bits per heavy atom. The van der Waals surface area contributed by atoms with E-state index >= 15 is 0 Å². The van der Waals surface area contributed by atoms with Gasteiger partial charge in [0.15, 0.2) is 0 Å². The molecule has 6 N–H and O–H groups in total. The number of carboxylic acid groups (broad SMARTS) is 3. The lowest BCUT2D eigenvalue weighted by Gasteiger charge is -2.32. The summed E-state index contributed by atoms with van der Waals surface area (Å²) in [5, 5.41) is 28.9. The number of carbonyl (C=O) groups is 6. The molecule has 0 spiro atoms. The molecule has 2 aliphatic rings. The third-order valence-corrected chi connectivity index (χ3v) is 5.36. The summed E-state index contributed by atoms with van der Waals surface area (Å²) in [6.45, 7) is 0.445. The van der Waals surface area contributed by atoms with E-state index in [0.717, 1.165) is 0 Å². The van der Waals surface area contributed by atoms with Crippen LogP contribution in [0, 0.1) is 0 Å². The maximum absolute atomic E-state index is 13.1. The highest BCUT2D eigenvalue weighted by Gasteiger charge is 2.43. The predicted octanol–water partition coefficient (Wildman–Crippen LogP) is -2.19. The highest BCUT2D eigenvalue weighted by Crippen LogP contribution is 2.25. The third-order valence-electron chi connectivity index (χ3n) is 5.36. The molecule has 0 aliphatic carbocycles. The van der Waals surface area contributed by atoms with E-state index in [9.17, 15) is 28.8 Å². The summed E-state index contributed by atoms with van der Waals surface area (Å²) in [5.41, 5.74) is 5.65. The zero-order chi connectivity index (χ0) is 23.3. The molecular formula is C18H26N4O9. The molecular weight excluding hydrogens is 416 g/mol. The van der Waals surface area contributed by atoms with Gasteiger partial charge >= 0.3 is 17.9 Å². The van der Waals surface area contributed by atoms with Gasteiger partial charge in [-0.1, -0.05) is 0 Å². The third kappa shape index (κ3) is 5.90. The van der Waals surface area contributed by atoms with E-state index in [1.165, 1.54) is 9.80 Å². The second kappa shape index (κ2) is 10.2. The normalized spacial score (nSPS) is 22.6. The number of hydrogen-bond donors (Lipinski definition) is 5. The minimum absolute atomic E-state index is 0.216. The summed E-state index contributed by atoms with van der Waals surface area (Å²) < 4.78 is 0. The fraction of sp³-hybridized carbons (Fsp3) is 0.667. The number of carbonyl (C=O) groups excluding carboxylic acids is 3. The van der Waals surface area contributed by atoms with E-state index in [1.54, 1.807) is 0 Å². The van der Waals surface area contributed by atoms with Crippen LogP contribution in [-0.2, 0) is 28.8 Å². The second-order valence-electron chi connectivity index (χ2n) is 7.58. The first-order valence-electron chi connectivity index (χ1n) is 9.86. The van der Waals surface area contributed by atoms with E-state index in [4.69, 9.17) is 21.1 Å². The van der Waals surface area contributed by atoms with Gasteiger partial charge in [0, 0.05) is 13.1 Å². The van der Waals surface area contributed by atoms with Crippen LogP contribution in [0.15, 0.2) is 0 Å². The van der Waals surface area contributed by atoms with Crippen molar-refractivity contribution in [1.82, 2.24) is 15.1 Å². The lowest BCUT2D eigenvalue weighted by Crippen LogP contribution is -2.56. The van der Waals surface area contributed by atoms with Gasteiger partial charge in [-0.3, -0.25) is 24.0 Å². The van der Waals surface area contributed by atoms with Crippen LogP contribution in [-0.4, -0.2) is 98.0 Å². The average Bonchev–Trinajstić information content (AvgIpc) is 3.34. The molecule has 0 saturated carbocycles. The van der Waals surface area contributed by atoms with Crippen LogP contribution < -0.4 is 11.1 Å². The van der Waals surface area contributed by atoms with Gasteiger partial charge in [-0.25, -0.2) is 4.79 Å². The lowest BCUT2D eigenvalue weighted by atomic mass is 10.1. The molecule has 4 unspecified atom stereocenters. The fourth-order valence-electron chi connectivity index (χ4n) is 3.91. The number of nitrogens with zero attached hydrogens (tertiary/aromatic N) is 2. The molecule has 31 heavy (non-hydrogen) atoms. The van der Waals surface area contributed by atoms with Crippen LogP contribution in [0.3, 0.4) is 0 Å². The van der Waals surface area contributed by atoms with Crippen LogP contribution in [0.4, 0.5) is 0 Å². The highest BCUT2D eigenvalue weighted by atomic mass is 16.4. The van der Waals surface area contributed by atoms with Crippen LogP contribution in [0.2, 0.25) is 0 Å². The largest absolute Gasteiger partial charge is 0.481 e. The van der Waals surface area contributed by atoms with Gasteiger partial charge in [0.2, 0.25) is 17.7 Å². The molecule has 2 aliphatic heterocycles. The van der Waals surface area contributed by atoms with Gasteiger partial charge in [-0.2, -0.15) is 0 Å². The molecule has 13 heteroatoms. The zero-order valence-electron chi connectivity index (χ0n) is 16.7. The number of likely N-dealkylation sites (tertiary alicyclic amines) is 2. The van der Waals surface area contributed by atoms with Gasteiger partial charge in [-0.05, 0) is 25.7 Å². The van der Waals surface area contributed by atoms with Gasteiger partial charge in [0.1, 0.15) is 18.1 Å². The van der Waals surface area contributed by atoms with Crippen LogP contribution in [0.1, 0.15) is 38.5 Å². The molecule has 13 nitrogen and oxygen atoms in total. The Morgan fingerprint density at radius 1 is 0.871 bits per heavy atom. The Morgan fingerprint density at radius 2 is 1.42 bits per heavy atom. The molecule has 2 rings (SSSR count). The molecule has 2 saturated heterocycles. The SMILES string of the molecule is NC(CC(=O)O)C(=O)N1CCCC1C(=O)N1CCCC1C(=O)NC(CC(=O)O)C(=O)O. The number of nitrogens with two attached hydrogens (primary N) is 1. The van der Waals surface area contributed by atoms with Crippen molar-refractivity contribution in [1.29, 1.82) is 0 Å². The first-order valence-corrected chi connectivity index (χ1v) is 9.86. The smallest absolute Gasteiger partial charge is 0.326 e. The summed E-state index contributed by atoms with van der Waals surface area (Å²) in [4.78, 5) is 73.6. The van der Waals surface area contributed by atoms with Crippen molar-refractivity contribution in [3.05, 3.63) is 0 Å². The Kier molecular flexibility index (Phi) is 7.91. The minimum Gasteiger partial charge on any atom is -0.481 e. The summed E-state index contributed by atoms with van der Waals surface area (Å²) in [5.74, 6) is -6.09. The number of carboxylic acids is 3. The van der Waals surface area contributed by atoms with Gasteiger partial charge in [0.25, 0.3) is 0 Å². The second-order valence-corrected chi connectivity index (χ2v) is 7.58. The van der Waals surface area contributed by atoms with E-state index in [2.05, 4.69) is 5.32 Å². The Bertz CT molecular complexity index is 771. The predicted molar refractivity (Wildman–Crippen MR) is 102 cm³/mol. The Balaban J connectivity index is 2.09. The average molecular weight is 442 g/mol. The van der Waals surface area contributed by atoms with Crippen LogP contribution >= 0.6 is 0 Å². The van der Waals surface area contributed by atoms with Crippen LogP contribution in [0.25, 0.3) is 0 Å². The van der Waals surface area contributed by atoms with Crippen molar-refractivity contribution in [3.8, 4) is 0 Å². The summed E-state index contributed by atoms with van der Waals surface area (Å²) in [6.07, 6.45) is 0.174. The topological polar surface area (TPSA) is 208 Å². The first kappa shape index (κ1) is 24.1. The highest BCUT2D eigenvalue weighted by molar-refractivity contribution is 5.95. The molecule has 0 aromatic carbocycles. The van der Waals surface area contributed by atoms with E-state index in [-0.39, 0.29) is 19.5 Å². The number of hydrogen-bond acceptors (Lipinski definition) is 7. The fourth-order valence-corrected chi connectivity index (χ4v) is 3.91. The van der Waals surface area contributed by atoms with Crippen molar-refractivity contribution in [2.24, 2.45) is 5.73 Å². The standard InChI is InChI=1S/C18H26N4O9/c19-9(7-13(23)24)16(28)22-6-2-4-12(22)17(29)21-5-1-3-11(21)15(27)20-10(18(30)31)8-14(25)26/h9-12H,1-8,19H2,(H,20,27)(H,23,24)(H,25,26)(H,30,31). The minimum atomic E-state index is -1.64. The monoisotopic (exact) mass is 442 g/mol. The van der Waals surface area contributed by atoms with Crippen molar-refractivity contribution in [3.63, 3.8) is 0 Å². The zero-order valence-corrected chi connectivity index (χ0v) is 16.7. The molecule has 0 bridgehead atoms. The summed E-state index contributed by atoms with van der Waals surface area (Å²) >= 11 is 0. The Hall–Kier alpha value is -3.22. The van der Waals surface area contributed by atoms with Crippen molar-refractivity contribution >= 4 is 35.6 Å².